The molecule has 74 valence electrons. The molecule has 0 fully saturated rings. The third kappa shape index (κ3) is 1.26. The van der Waals surface area contributed by atoms with Gasteiger partial charge in [-0.25, -0.2) is 0 Å². The second-order valence-electron chi connectivity index (χ2n) is 3.63. The highest BCUT2D eigenvalue weighted by molar-refractivity contribution is 6.01. The predicted octanol–water partition coefficient (Wildman–Crippen LogP) is 1.17. The number of hydrogen-bond acceptors (Lipinski definition) is 4. The summed E-state index contributed by atoms with van der Waals surface area (Å²) < 4.78 is 0. The molecule has 0 radical (unpaired) electrons. The first-order valence-corrected chi connectivity index (χ1v) is 4.83. The Balaban J connectivity index is 2.38. The molecule has 0 spiro atoms. The van der Waals surface area contributed by atoms with Crippen molar-refractivity contribution in [2.24, 2.45) is 0 Å². The van der Waals surface area contributed by atoms with Crippen molar-refractivity contribution in [3.05, 3.63) is 30.1 Å². The molecule has 0 atom stereocenters. The quantitative estimate of drug-likeness (QED) is 0.692. The topological polar surface area (TPSA) is 54.9 Å². The van der Waals surface area contributed by atoms with Gasteiger partial charge in [-0.1, -0.05) is 12.1 Å². The number of hydrogen-bond donors (Lipinski definition) is 1. The van der Waals surface area contributed by atoms with E-state index in [-0.39, 0.29) is 5.78 Å². The minimum absolute atomic E-state index is 0.146. The first-order valence-electron chi connectivity index (χ1n) is 4.83. The number of rotatable bonds is 0. The van der Waals surface area contributed by atoms with Gasteiger partial charge in [0.05, 0.1) is 24.9 Å². The van der Waals surface area contributed by atoms with Crippen LogP contribution in [0.15, 0.2) is 24.4 Å². The van der Waals surface area contributed by atoms with E-state index in [9.17, 15) is 4.79 Å². The molecule has 1 aromatic heterocycles. The summed E-state index contributed by atoms with van der Waals surface area (Å²) in [6.07, 6.45) is 2.09. The SMILES string of the molecule is O=C1CNc2cccc3cnnc(c23)C1. The first-order chi connectivity index (χ1) is 7.34. The molecule has 1 aliphatic heterocycles. The maximum atomic E-state index is 11.5. The van der Waals surface area contributed by atoms with Crippen LogP contribution >= 0.6 is 0 Å². The van der Waals surface area contributed by atoms with Crippen molar-refractivity contribution in [3.63, 3.8) is 0 Å². The summed E-state index contributed by atoms with van der Waals surface area (Å²) in [5, 5.41) is 13.1. The zero-order chi connectivity index (χ0) is 10.3. The number of aromatic nitrogens is 2. The lowest BCUT2D eigenvalue weighted by Gasteiger charge is -2.05. The molecule has 0 bridgehead atoms. The Hall–Kier alpha value is -1.97. The smallest absolute Gasteiger partial charge is 0.157 e. The van der Waals surface area contributed by atoms with Gasteiger partial charge in [-0.05, 0) is 6.07 Å². The highest BCUT2D eigenvalue weighted by Gasteiger charge is 2.16. The van der Waals surface area contributed by atoms with E-state index < -0.39 is 0 Å². The van der Waals surface area contributed by atoms with Crippen LogP contribution in [0, 0.1) is 0 Å². The lowest BCUT2D eigenvalue weighted by molar-refractivity contribution is -0.116. The summed E-state index contributed by atoms with van der Waals surface area (Å²) in [5.74, 6) is 0.146. The van der Waals surface area contributed by atoms with Gasteiger partial charge in [-0.2, -0.15) is 10.2 Å². The number of nitrogens with one attached hydrogen (secondary N) is 1. The molecule has 0 unspecified atom stereocenters. The molecule has 2 heterocycles. The Labute approximate surface area is 86.3 Å². The highest BCUT2D eigenvalue weighted by atomic mass is 16.1. The summed E-state index contributed by atoms with van der Waals surface area (Å²) in [6.45, 7) is 0.371. The van der Waals surface area contributed by atoms with Crippen molar-refractivity contribution < 1.29 is 4.79 Å². The van der Waals surface area contributed by atoms with Crippen LogP contribution in [0.25, 0.3) is 10.8 Å². The molecule has 3 rings (SSSR count). The van der Waals surface area contributed by atoms with Crippen molar-refractivity contribution in [2.75, 3.05) is 11.9 Å². The fourth-order valence-electron chi connectivity index (χ4n) is 1.92. The van der Waals surface area contributed by atoms with Crippen molar-refractivity contribution in [1.82, 2.24) is 10.2 Å². The fourth-order valence-corrected chi connectivity index (χ4v) is 1.92. The lowest BCUT2D eigenvalue weighted by Crippen LogP contribution is -2.13. The monoisotopic (exact) mass is 199 g/mol. The zero-order valence-electron chi connectivity index (χ0n) is 8.03. The van der Waals surface area contributed by atoms with E-state index in [1.54, 1.807) is 6.20 Å². The van der Waals surface area contributed by atoms with E-state index in [1.807, 2.05) is 18.2 Å². The number of benzene rings is 1. The molecule has 0 amide bonds. The van der Waals surface area contributed by atoms with Gasteiger partial charge in [0, 0.05) is 16.5 Å². The second-order valence-corrected chi connectivity index (χ2v) is 3.63. The minimum atomic E-state index is 0.146. The number of carbonyl (C=O) groups is 1. The number of nitrogens with zero attached hydrogens (tertiary/aromatic N) is 2. The largest absolute Gasteiger partial charge is 0.377 e. The molecule has 4 heteroatoms. The van der Waals surface area contributed by atoms with Crippen LogP contribution in [0.1, 0.15) is 5.69 Å². The van der Waals surface area contributed by atoms with Gasteiger partial charge < -0.3 is 5.32 Å². The summed E-state index contributed by atoms with van der Waals surface area (Å²) in [7, 11) is 0. The number of anilines is 1. The van der Waals surface area contributed by atoms with E-state index in [4.69, 9.17) is 0 Å². The van der Waals surface area contributed by atoms with Gasteiger partial charge in [0.25, 0.3) is 0 Å². The summed E-state index contributed by atoms with van der Waals surface area (Å²) in [6, 6.07) is 5.90. The minimum Gasteiger partial charge on any atom is -0.377 e. The van der Waals surface area contributed by atoms with Crippen LogP contribution in [0.2, 0.25) is 0 Å². The fraction of sp³-hybridized carbons (Fsp3) is 0.182. The van der Waals surface area contributed by atoms with Gasteiger partial charge in [0.2, 0.25) is 0 Å². The molecule has 1 N–H and O–H groups in total. The average molecular weight is 199 g/mol. The first kappa shape index (κ1) is 8.35. The van der Waals surface area contributed by atoms with E-state index in [1.165, 1.54) is 0 Å². The van der Waals surface area contributed by atoms with Crippen LogP contribution in [-0.2, 0) is 11.2 Å². The van der Waals surface area contributed by atoms with Gasteiger partial charge in [-0.15, -0.1) is 0 Å². The Morgan fingerprint density at radius 1 is 1.33 bits per heavy atom. The third-order valence-electron chi connectivity index (χ3n) is 2.60. The van der Waals surface area contributed by atoms with E-state index in [0.717, 1.165) is 22.2 Å². The van der Waals surface area contributed by atoms with Crippen LogP contribution in [0.3, 0.4) is 0 Å². The van der Waals surface area contributed by atoms with Gasteiger partial charge in [0.15, 0.2) is 5.78 Å². The third-order valence-corrected chi connectivity index (χ3v) is 2.60. The van der Waals surface area contributed by atoms with E-state index in [2.05, 4.69) is 15.5 Å². The Morgan fingerprint density at radius 2 is 2.27 bits per heavy atom. The predicted molar refractivity (Wildman–Crippen MR) is 56.7 cm³/mol. The van der Waals surface area contributed by atoms with Crippen molar-refractivity contribution in [1.29, 1.82) is 0 Å². The summed E-state index contributed by atoms with van der Waals surface area (Å²) >= 11 is 0. The molecule has 0 saturated heterocycles. The number of ketones is 1. The average Bonchev–Trinajstić information content (AvgIpc) is 2.41. The second kappa shape index (κ2) is 3.02. The lowest BCUT2D eigenvalue weighted by atomic mass is 10.1. The Morgan fingerprint density at radius 3 is 3.20 bits per heavy atom. The molecule has 1 aromatic carbocycles. The normalized spacial score (nSPS) is 14.8. The Kier molecular flexibility index (Phi) is 1.68. The van der Waals surface area contributed by atoms with Gasteiger partial charge in [-0.3, -0.25) is 4.79 Å². The van der Waals surface area contributed by atoms with Crippen LogP contribution in [0.4, 0.5) is 5.69 Å². The zero-order valence-corrected chi connectivity index (χ0v) is 8.03. The molecule has 15 heavy (non-hydrogen) atoms. The summed E-state index contributed by atoms with van der Waals surface area (Å²) in [5.41, 5.74) is 1.75. The van der Waals surface area contributed by atoms with Crippen LogP contribution in [0.5, 0.6) is 0 Å². The van der Waals surface area contributed by atoms with Crippen molar-refractivity contribution >= 4 is 22.2 Å². The van der Waals surface area contributed by atoms with E-state index in [0.29, 0.717) is 13.0 Å². The maximum absolute atomic E-state index is 11.5. The number of Topliss-reactive ketones (excluding diaryl/α,β-unsaturated/α-hetero) is 1. The highest BCUT2D eigenvalue weighted by Crippen LogP contribution is 2.27. The van der Waals surface area contributed by atoms with Gasteiger partial charge in [0.1, 0.15) is 0 Å². The number of carbonyl (C=O) groups excluding carboxylic acids is 1. The van der Waals surface area contributed by atoms with Crippen LogP contribution < -0.4 is 5.32 Å². The van der Waals surface area contributed by atoms with Crippen LogP contribution in [-0.4, -0.2) is 22.5 Å². The van der Waals surface area contributed by atoms with Crippen molar-refractivity contribution in [2.45, 2.75) is 6.42 Å². The molecule has 2 aromatic rings. The van der Waals surface area contributed by atoms with Crippen molar-refractivity contribution in [3.8, 4) is 0 Å². The van der Waals surface area contributed by atoms with E-state index >= 15 is 0 Å². The maximum Gasteiger partial charge on any atom is 0.157 e. The Bertz CT molecular complexity index is 545. The molecule has 1 aliphatic rings. The standard InChI is InChI=1S/C11H9N3O/c15-8-4-10-11-7(5-13-14-10)2-1-3-9(11)12-6-8/h1-3,5,12H,4,6H2. The molecule has 0 saturated carbocycles. The molecular weight excluding hydrogens is 190 g/mol. The molecular formula is C11H9N3O. The molecule has 0 aliphatic carbocycles. The molecule has 4 nitrogen and oxygen atoms in total. The summed E-state index contributed by atoms with van der Waals surface area (Å²) in [4.78, 5) is 11.5. The van der Waals surface area contributed by atoms with Gasteiger partial charge >= 0.3 is 0 Å².